The number of hydrogen-bond donors (Lipinski definition) is 1. The van der Waals surface area contributed by atoms with Gasteiger partial charge in [0.2, 0.25) is 0 Å². The third-order valence-electron chi connectivity index (χ3n) is 3.94. The second-order valence-electron chi connectivity index (χ2n) is 5.69. The highest BCUT2D eigenvalue weighted by Crippen LogP contribution is 2.23. The Bertz CT molecular complexity index is 369. The van der Waals surface area contributed by atoms with Crippen molar-refractivity contribution in [3.8, 4) is 0 Å². The topological polar surface area (TPSA) is 26.2 Å². The molecule has 1 aliphatic heterocycles. The molecule has 0 aromatic carbocycles. The summed E-state index contributed by atoms with van der Waals surface area (Å²) in [6.07, 6.45) is 10.1. The van der Waals surface area contributed by atoms with Crippen molar-refractivity contribution < 1.29 is 4.74 Å². The first-order valence-electron chi connectivity index (χ1n) is 7.77. The summed E-state index contributed by atoms with van der Waals surface area (Å²) in [5.41, 5.74) is 1.41. The van der Waals surface area contributed by atoms with Gasteiger partial charge in [-0.15, -0.1) is 0 Å². The van der Waals surface area contributed by atoms with Crippen LogP contribution in [-0.2, 0) is 11.3 Å². The van der Waals surface area contributed by atoms with E-state index in [-0.39, 0.29) is 0 Å². The molecule has 0 bridgehead atoms. The number of aromatic nitrogens is 1. The molecule has 3 atom stereocenters. The standard InChI is InChI=1S/C16H28N2O/c1-4-6-16(17-5-2)14-9-10-18(11-14)12-15-8-7-13(3)19-15/h9-11,13,15-17H,4-8,12H2,1-3H3. The fourth-order valence-corrected chi connectivity index (χ4v) is 2.96. The van der Waals surface area contributed by atoms with Gasteiger partial charge in [0.05, 0.1) is 12.2 Å². The zero-order valence-corrected chi connectivity index (χ0v) is 12.6. The minimum atomic E-state index is 0.402. The van der Waals surface area contributed by atoms with E-state index in [1.54, 1.807) is 0 Å². The Morgan fingerprint density at radius 2 is 2.26 bits per heavy atom. The van der Waals surface area contributed by atoms with Crippen molar-refractivity contribution in [3.63, 3.8) is 0 Å². The average molecular weight is 264 g/mol. The molecule has 0 aliphatic carbocycles. The monoisotopic (exact) mass is 264 g/mol. The molecule has 108 valence electrons. The van der Waals surface area contributed by atoms with E-state index in [2.05, 4.69) is 49.1 Å². The normalized spacial score (nSPS) is 24.8. The molecule has 1 N–H and O–H groups in total. The molecule has 1 saturated heterocycles. The molecule has 2 heterocycles. The molecule has 3 unspecified atom stereocenters. The molecule has 0 radical (unpaired) electrons. The molecule has 1 aromatic rings. The molecule has 3 nitrogen and oxygen atoms in total. The van der Waals surface area contributed by atoms with E-state index in [9.17, 15) is 0 Å². The van der Waals surface area contributed by atoms with Gasteiger partial charge in [-0.25, -0.2) is 0 Å². The van der Waals surface area contributed by atoms with Gasteiger partial charge < -0.3 is 14.6 Å². The fourth-order valence-electron chi connectivity index (χ4n) is 2.96. The molecule has 2 rings (SSSR count). The zero-order chi connectivity index (χ0) is 13.7. The van der Waals surface area contributed by atoms with Crippen LogP contribution in [0.25, 0.3) is 0 Å². The van der Waals surface area contributed by atoms with Crippen molar-refractivity contribution in [1.29, 1.82) is 0 Å². The molecule has 19 heavy (non-hydrogen) atoms. The molecule has 1 aliphatic rings. The molecular formula is C16H28N2O. The van der Waals surface area contributed by atoms with E-state index in [0.29, 0.717) is 18.2 Å². The minimum absolute atomic E-state index is 0.402. The number of nitrogens with one attached hydrogen (secondary N) is 1. The van der Waals surface area contributed by atoms with Crippen LogP contribution in [0.1, 0.15) is 58.1 Å². The maximum absolute atomic E-state index is 5.89. The number of rotatable bonds is 7. The second-order valence-corrected chi connectivity index (χ2v) is 5.69. The highest BCUT2D eigenvalue weighted by molar-refractivity contribution is 5.15. The molecule has 0 amide bonds. The lowest BCUT2D eigenvalue weighted by molar-refractivity contribution is 0.0458. The SMILES string of the molecule is CCCC(NCC)c1ccn(CC2CCC(C)O2)c1. The first-order chi connectivity index (χ1) is 9.22. The van der Waals surface area contributed by atoms with E-state index >= 15 is 0 Å². The summed E-state index contributed by atoms with van der Waals surface area (Å²) < 4.78 is 8.18. The number of nitrogens with zero attached hydrogens (tertiary/aromatic N) is 1. The van der Waals surface area contributed by atoms with Crippen molar-refractivity contribution in [1.82, 2.24) is 9.88 Å². The zero-order valence-electron chi connectivity index (χ0n) is 12.6. The summed E-state index contributed by atoms with van der Waals surface area (Å²) in [4.78, 5) is 0. The van der Waals surface area contributed by atoms with Crippen LogP contribution in [0.5, 0.6) is 0 Å². The predicted molar refractivity (Wildman–Crippen MR) is 79.3 cm³/mol. The van der Waals surface area contributed by atoms with Crippen molar-refractivity contribution in [2.24, 2.45) is 0 Å². The Labute approximate surface area is 117 Å². The molecule has 1 fully saturated rings. The van der Waals surface area contributed by atoms with Gasteiger partial charge in [-0.2, -0.15) is 0 Å². The van der Waals surface area contributed by atoms with E-state index in [1.165, 1.54) is 31.2 Å². The Kier molecular flexibility index (Phi) is 5.46. The molecule has 0 saturated carbocycles. The van der Waals surface area contributed by atoms with Gasteiger partial charge in [-0.3, -0.25) is 0 Å². The highest BCUT2D eigenvalue weighted by Gasteiger charge is 2.22. The lowest BCUT2D eigenvalue weighted by atomic mass is 10.1. The van der Waals surface area contributed by atoms with Crippen LogP contribution in [0, 0.1) is 0 Å². The molecule has 0 spiro atoms. The quantitative estimate of drug-likeness (QED) is 0.815. The van der Waals surface area contributed by atoms with Gasteiger partial charge in [-0.05, 0) is 44.4 Å². The van der Waals surface area contributed by atoms with Crippen molar-refractivity contribution in [2.75, 3.05) is 6.54 Å². The molecular weight excluding hydrogens is 236 g/mol. The third kappa shape index (κ3) is 4.08. The summed E-state index contributed by atoms with van der Waals surface area (Å²) in [6.45, 7) is 8.61. The minimum Gasteiger partial charge on any atom is -0.373 e. The number of ether oxygens (including phenoxy) is 1. The van der Waals surface area contributed by atoms with Crippen LogP contribution >= 0.6 is 0 Å². The Hall–Kier alpha value is -0.800. The van der Waals surface area contributed by atoms with Crippen LogP contribution in [0.2, 0.25) is 0 Å². The third-order valence-corrected chi connectivity index (χ3v) is 3.94. The van der Waals surface area contributed by atoms with Gasteiger partial charge in [0, 0.05) is 25.0 Å². The lowest BCUT2D eigenvalue weighted by Crippen LogP contribution is -2.20. The largest absolute Gasteiger partial charge is 0.373 e. The van der Waals surface area contributed by atoms with Crippen molar-refractivity contribution >= 4 is 0 Å². The Balaban J connectivity index is 1.93. The van der Waals surface area contributed by atoms with E-state index in [4.69, 9.17) is 4.74 Å². The lowest BCUT2D eigenvalue weighted by Gasteiger charge is -2.16. The van der Waals surface area contributed by atoms with E-state index in [0.717, 1.165) is 13.1 Å². The van der Waals surface area contributed by atoms with Crippen LogP contribution in [0.15, 0.2) is 18.5 Å². The van der Waals surface area contributed by atoms with Gasteiger partial charge in [0.25, 0.3) is 0 Å². The van der Waals surface area contributed by atoms with Crippen molar-refractivity contribution in [3.05, 3.63) is 24.0 Å². The number of hydrogen-bond acceptors (Lipinski definition) is 2. The van der Waals surface area contributed by atoms with Gasteiger partial charge >= 0.3 is 0 Å². The van der Waals surface area contributed by atoms with Crippen LogP contribution in [0.3, 0.4) is 0 Å². The average Bonchev–Trinajstić information content (AvgIpc) is 2.99. The summed E-state index contributed by atoms with van der Waals surface area (Å²) >= 11 is 0. The van der Waals surface area contributed by atoms with Gasteiger partial charge in [0.1, 0.15) is 0 Å². The smallest absolute Gasteiger partial charge is 0.0758 e. The first kappa shape index (κ1) is 14.6. The van der Waals surface area contributed by atoms with E-state index in [1.807, 2.05) is 0 Å². The maximum Gasteiger partial charge on any atom is 0.0758 e. The Morgan fingerprint density at radius 1 is 1.42 bits per heavy atom. The van der Waals surface area contributed by atoms with Crippen LogP contribution < -0.4 is 5.32 Å². The molecule has 3 heteroatoms. The summed E-state index contributed by atoms with van der Waals surface area (Å²) in [5, 5.41) is 3.57. The highest BCUT2D eigenvalue weighted by atomic mass is 16.5. The van der Waals surface area contributed by atoms with Gasteiger partial charge in [0.15, 0.2) is 0 Å². The second kappa shape index (κ2) is 7.11. The van der Waals surface area contributed by atoms with Gasteiger partial charge in [-0.1, -0.05) is 20.3 Å². The Morgan fingerprint density at radius 3 is 2.89 bits per heavy atom. The summed E-state index contributed by atoms with van der Waals surface area (Å²) in [7, 11) is 0. The molecule has 1 aromatic heterocycles. The van der Waals surface area contributed by atoms with Crippen LogP contribution in [-0.4, -0.2) is 23.3 Å². The first-order valence-corrected chi connectivity index (χ1v) is 7.77. The fraction of sp³-hybridized carbons (Fsp3) is 0.750. The van der Waals surface area contributed by atoms with Crippen LogP contribution in [0.4, 0.5) is 0 Å². The van der Waals surface area contributed by atoms with Crippen molar-refractivity contribution in [2.45, 2.75) is 71.2 Å². The van der Waals surface area contributed by atoms with E-state index < -0.39 is 0 Å². The maximum atomic E-state index is 5.89. The summed E-state index contributed by atoms with van der Waals surface area (Å²) in [5.74, 6) is 0. The summed E-state index contributed by atoms with van der Waals surface area (Å²) in [6, 6.07) is 2.75. The predicted octanol–water partition coefficient (Wildman–Crippen LogP) is 3.51.